The van der Waals surface area contributed by atoms with Gasteiger partial charge >= 0.3 is 0 Å². The first-order valence-corrected chi connectivity index (χ1v) is 8.05. The maximum absolute atomic E-state index is 11.3. The lowest BCUT2D eigenvalue weighted by molar-refractivity contribution is -0.519. The molecule has 1 aromatic rings. The Labute approximate surface area is 143 Å². The minimum atomic E-state index is -0.827. The van der Waals surface area contributed by atoms with Crippen LogP contribution in [0.1, 0.15) is 32.3 Å². The number of nitrogens with zero attached hydrogens (tertiary/aromatic N) is 2. The van der Waals surface area contributed by atoms with Gasteiger partial charge in [0.2, 0.25) is 12.3 Å². The van der Waals surface area contributed by atoms with Crippen molar-refractivity contribution in [1.29, 1.82) is 0 Å². The van der Waals surface area contributed by atoms with E-state index in [0.717, 1.165) is 11.3 Å². The number of anilines is 1. The second-order valence-corrected chi connectivity index (χ2v) is 5.52. The second-order valence-electron chi connectivity index (χ2n) is 5.52. The fourth-order valence-electron chi connectivity index (χ4n) is 2.18. The minimum absolute atomic E-state index is 0.310. The molecule has 0 saturated carbocycles. The smallest absolute Gasteiger partial charge is 0.228 e. The van der Waals surface area contributed by atoms with Crippen molar-refractivity contribution in [3.05, 3.63) is 39.9 Å². The van der Waals surface area contributed by atoms with Gasteiger partial charge in [-0.15, -0.1) is 0 Å². The van der Waals surface area contributed by atoms with E-state index in [1.54, 1.807) is 6.92 Å². The molecular formula is C18H26N2O4. The van der Waals surface area contributed by atoms with E-state index >= 15 is 0 Å². The highest BCUT2D eigenvalue weighted by atomic mass is 16.7. The maximum Gasteiger partial charge on any atom is 0.228 e. The van der Waals surface area contributed by atoms with Gasteiger partial charge in [0.05, 0.1) is 0 Å². The maximum atomic E-state index is 11.3. The Hall–Kier alpha value is -2.10. The summed E-state index contributed by atoms with van der Waals surface area (Å²) in [5.41, 5.74) is 1.84. The van der Waals surface area contributed by atoms with Gasteiger partial charge in [0.25, 0.3) is 0 Å². The molecule has 132 valence electrons. The molecule has 2 unspecified atom stereocenters. The third-order valence-electron chi connectivity index (χ3n) is 3.58. The third-order valence-corrected chi connectivity index (χ3v) is 3.58. The lowest BCUT2D eigenvalue weighted by Crippen LogP contribution is -2.24. The quantitative estimate of drug-likeness (QED) is 0.316. The molecule has 1 rings (SSSR count). The van der Waals surface area contributed by atoms with Crippen molar-refractivity contribution in [1.82, 2.24) is 0 Å². The Kier molecular flexibility index (Phi) is 8.24. The molecule has 0 fully saturated rings. The lowest BCUT2D eigenvalue weighted by atomic mass is 9.93. The summed E-state index contributed by atoms with van der Waals surface area (Å²) in [6, 6.07) is 6.79. The number of hydrogen-bond donors (Lipinski definition) is 0. The molecule has 0 bridgehead atoms. The Balaban J connectivity index is 3.10. The molecule has 0 aromatic heterocycles. The lowest BCUT2D eigenvalue weighted by Gasteiger charge is -2.17. The van der Waals surface area contributed by atoms with E-state index in [1.807, 2.05) is 57.1 Å². The first kappa shape index (κ1) is 19.9. The number of benzene rings is 1. The molecule has 0 radical (unpaired) electrons. The van der Waals surface area contributed by atoms with Gasteiger partial charge in [0.15, 0.2) is 0 Å². The molecule has 0 amide bonds. The first-order chi connectivity index (χ1) is 11.4. The van der Waals surface area contributed by atoms with Crippen molar-refractivity contribution >= 4 is 5.69 Å². The fraction of sp³-hybridized carbons (Fsp3) is 0.556. The summed E-state index contributed by atoms with van der Waals surface area (Å²) in [6.07, 6.45) is -0.664. The molecule has 24 heavy (non-hydrogen) atoms. The van der Waals surface area contributed by atoms with Crippen LogP contribution in [0, 0.1) is 22.0 Å². The molecule has 6 nitrogen and oxygen atoms in total. The standard InChI is InChI=1S/C18H26N2O4/c1-6-23-18(24-7-2)13-12-17(14(3)20(21)22)15-8-10-16(11-9-15)19(4)5/h8-11,14,17-18H,6-7H2,1-5H3. The summed E-state index contributed by atoms with van der Waals surface area (Å²) in [5, 5.41) is 11.3. The van der Waals surface area contributed by atoms with E-state index in [-0.39, 0.29) is 4.92 Å². The molecule has 0 aliphatic carbocycles. The molecule has 0 aliphatic heterocycles. The van der Waals surface area contributed by atoms with Crippen LogP contribution in [0.4, 0.5) is 5.69 Å². The van der Waals surface area contributed by atoms with E-state index in [1.165, 1.54) is 0 Å². The van der Waals surface area contributed by atoms with Gasteiger partial charge < -0.3 is 14.4 Å². The minimum Gasteiger partial charge on any atom is -0.378 e. The Morgan fingerprint density at radius 1 is 1.12 bits per heavy atom. The average molecular weight is 334 g/mol. The highest BCUT2D eigenvalue weighted by Gasteiger charge is 2.26. The highest BCUT2D eigenvalue weighted by Crippen LogP contribution is 2.23. The molecule has 0 saturated heterocycles. The number of hydrogen-bond acceptors (Lipinski definition) is 5. The van der Waals surface area contributed by atoms with Crippen molar-refractivity contribution in [2.45, 2.75) is 39.0 Å². The summed E-state index contributed by atoms with van der Waals surface area (Å²) >= 11 is 0. The number of ether oxygens (including phenoxy) is 2. The van der Waals surface area contributed by atoms with Gasteiger partial charge in [0.1, 0.15) is 5.92 Å². The van der Waals surface area contributed by atoms with E-state index < -0.39 is 18.2 Å². The largest absolute Gasteiger partial charge is 0.378 e. The predicted octanol–water partition coefficient (Wildman–Crippen LogP) is 2.90. The van der Waals surface area contributed by atoms with Crippen LogP contribution in [0.5, 0.6) is 0 Å². The summed E-state index contributed by atoms with van der Waals surface area (Å²) in [6.45, 7) is 6.20. The van der Waals surface area contributed by atoms with Crippen molar-refractivity contribution in [2.75, 3.05) is 32.2 Å². The van der Waals surface area contributed by atoms with E-state index in [2.05, 4.69) is 11.8 Å². The first-order valence-electron chi connectivity index (χ1n) is 8.05. The number of nitro groups is 1. The van der Waals surface area contributed by atoms with Crippen LogP contribution in [-0.2, 0) is 9.47 Å². The summed E-state index contributed by atoms with van der Waals surface area (Å²) < 4.78 is 10.8. The van der Waals surface area contributed by atoms with Gasteiger partial charge in [0, 0.05) is 44.8 Å². The van der Waals surface area contributed by atoms with Crippen LogP contribution in [0.25, 0.3) is 0 Å². The van der Waals surface area contributed by atoms with Gasteiger partial charge in [-0.05, 0) is 37.5 Å². The molecule has 0 N–H and O–H groups in total. The molecular weight excluding hydrogens is 308 g/mol. The molecule has 6 heteroatoms. The predicted molar refractivity (Wildman–Crippen MR) is 94.8 cm³/mol. The fourth-order valence-corrected chi connectivity index (χ4v) is 2.18. The third kappa shape index (κ3) is 5.84. The van der Waals surface area contributed by atoms with Crippen LogP contribution in [0.3, 0.4) is 0 Å². The topological polar surface area (TPSA) is 64.8 Å². The van der Waals surface area contributed by atoms with Crippen molar-refractivity contribution < 1.29 is 14.4 Å². The van der Waals surface area contributed by atoms with Crippen LogP contribution >= 0.6 is 0 Å². The van der Waals surface area contributed by atoms with E-state index in [0.29, 0.717) is 13.2 Å². The van der Waals surface area contributed by atoms with Gasteiger partial charge in [-0.1, -0.05) is 18.1 Å². The Morgan fingerprint density at radius 2 is 1.67 bits per heavy atom. The number of rotatable bonds is 8. The van der Waals surface area contributed by atoms with E-state index in [9.17, 15) is 10.1 Å². The van der Waals surface area contributed by atoms with Crippen LogP contribution < -0.4 is 4.90 Å². The summed E-state index contributed by atoms with van der Waals surface area (Å²) in [4.78, 5) is 12.9. The molecule has 0 heterocycles. The Morgan fingerprint density at radius 3 is 2.08 bits per heavy atom. The van der Waals surface area contributed by atoms with Crippen LogP contribution in [0.15, 0.2) is 24.3 Å². The Bertz CT molecular complexity index is 569. The normalized spacial score (nSPS) is 13.1. The summed E-state index contributed by atoms with van der Waals surface area (Å²) in [7, 11) is 3.89. The molecule has 2 atom stereocenters. The SMILES string of the molecule is CCOC(C#CC(c1ccc(N(C)C)cc1)C(C)[N+](=O)[O-])OCC. The summed E-state index contributed by atoms with van der Waals surface area (Å²) in [5.74, 6) is 5.34. The second kappa shape index (κ2) is 9.91. The monoisotopic (exact) mass is 334 g/mol. The van der Waals surface area contributed by atoms with Crippen molar-refractivity contribution in [3.8, 4) is 11.8 Å². The van der Waals surface area contributed by atoms with Crippen molar-refractivity contribution in [3.63, 3.8) is 0 Å². The highest BCUT2D eigenvalue weighted by molar-refractivity contribution is 5.47. The van der Waals surface area contributed by atoms with E-state index in [4.69, 9.17) is 9.47 Å². The van der Waals surface area contributed by atoms with Gasteiger partial charge in [-0.25, -0.2) is 0 Å². The zero-order valence-corrected chi connectivity index (χ0v) is 15.0. The van der Waals surface area contributed by atoms with Gasteiger partial charge in [-0.3, -0.25) is 10.1 Å². The molecule has 0 aliphatic rings. The van der Waals surface area contributed by atoms with Gasteiger partial charge in [-0.2, -0.15) is 0 Å². The molecule has 1 aromatic carbocycles. The van der Waals surface area contributed by atoms with Crippen molar-refractivity contribution in [2.24, 2.45) is 0 Å². The zero-order valence-electron chi connectivity index (χ0n) is 15.0. The molecule has 0 spiro atoms. The van der Waals surface area contributed by atoms with Crippen LogP contribution in [0.2, 0.25) is 0 Å². The zero-order chi connectivity index (χ0) is 18.1. The average Bonchev–Trinajstić information content (AvgIpc) is 2.55. The van der Waals surface area contributed by atoms with Crippen LogP contribution in [-0.4, -0.2) is 44.6 Å².